The summed E-state index contributed by atoms with van der Waals surface area (Å²) in [6, 6.07) is 67.3. The lowest BCUT2D eigenvalue weighted by Crippen LogP contribution is -2.01. The summed E-state index contributed by atoms with van der Waals surface area (Å²) in [5.74, 6) is 1.92. The van der Waals surface area contributed by atoms with E-state index in [0.29, 0.717) is 17.5 Å². The molecule has 0 fully saturated rings. The first-order valence-corrected chi connectivity index (χ1v) is 21.1. The highest BCUT2D eigenvalue weighted by molar-refractivity contribution is 7.26. The van der Waals surface area contributed by atoms with Crippen molar-refractivity contribution in [3.63, 3.8) is 0 Å². The molecule has 3 heterocycles. The van der Waals surface area contributed by atoms with Gasteiger partial charge in [-0.1, -0.05) is 146 Å². The van der Waals surface area contributed by atoms with Crippen molar-refractivity contribution < 1.29 is 0 Å². The van der Waals surface area contributed by atoms with Gasteiger partial charge in [0.25, 0.3) is 0 Å². The van der Waals surface area contributed by atoms with E-state index < -0.39 is 0 Å². The average molecular weight is 774 g/mol. The van der Waals surface area contributed by atoms with Crippen LogP contribution < -0.4 is 0 Å². The van der Waals surface area contributed by atoms with Gasteiger partial charge in [0, 0.05) is 57.0 Å². The minimum atomic E-state index is 0.637. The number of thiophene rings is 2. The van der Waals surface area contributed by atoms with Crippen LogP contribution >= 0.6 is 22.7 Å². The van der Waals surface area contributed by atoms with E-state index in [4.69, 9.17) is 15.0 Å². The van der Waals surface area contributed by atoms with Crippen LogP contribution in [0, 0.1) is 0 Å². The summed E-state index contributed by atoms with van der Waals surface area (Å²) in [6.07, 6.45) is 0. The molecule has 5 heteroatoms. The fraction of sp³-hybridized carbons (Fsp3) is 0. The van der Waals surface area contributed by atoms with Crippen LogP contribution in [0.5, 0.6) is 0 Å². The second kappa shape index (κ2) is 13.3. The minimum Gasteiger partial charge on any atom is -0.208 e. The van der Waals surface area contributed by atoms with Crippen LogP contribution in [-0.2, 0) is 0 Å². The second-order valence-corrected chi connectivity index (χ2v) is 16.9. The van der Waals surface area contributed by atoms with Crippen molar-refractivity contribution in [2.45, 2.75) is 0 Å². The van der Waals surface area contributed by atoms with Crippen molar-refractivity contribution in [3.05, 3.63) is 188 Å². The molecule has 0 N–H and O–H groups in total. The Labute approximate surface area is 342 Å². The molecule has 0 aliphatic rings. The first-order valence-electron chi connectivity index (χ1n) is 19.4. The van der Waals surface area contributed by atoms with Gasteiger partial charge in [0.1, 0.15) is 0 Å². The first kappa shape index (κ1) is 33.1. The molecule has 0 spiro atoms. The predicted octanol–water partition coefficient (Wildman–Crippen LogP) is 15.2. The summed E-state index contributed by atoms with van der Waals surface area (Å²) >= 11 is 3.68. The lowest BCUT2D eigenvalue weighted by Gasteiger charge is -2.13. The van der Waals surface area contributed by atoms with Crippen molar-refractivity contribution in [3.8, 4) is 56.4 Å². The number of rotatable bonds is 5. The van der Waals surface area contributed by atoms with Crippen LogP contribution in [0.15, 0.2) is 188 Å². The molecule has 0 bridgehead atoms. The van der Waals surface area contributed by atoms with Gasteiger partial charge in [-0.15, -0.1) is 22.7 Å². The van der Waals surface area contributed by atoms with Crippen LogP contribution in [0.3, 0.4) is 0 Å². The van der Waals surface area contributed by atoms with Crippen LogP contribution in [0.2, 0.25) is 0 Å². The van der Waals surface area contributed by atoms with Crippen molar-refractivity contribution in [1.29, 1.82) is 0 Å². The Kier molecular flexibility index (Phi) is 7.58. The van der Waals surface area contributed by atoms with Gasteiger partial charge >= 0.3 is 0 Å². The van der Waals surface area contributed by atoms with E-state index >= 15 is 0 Å². The molecule has 3 aromatic heterocycles. The van der Waals surface area contributed by atoms with Gasteiger partial charge in [0.15, 0.2) is 17.5 Å². The molecule has 0 amide bonds. The number of hydrogen-bond donors (Lipinski definition) is 0. The molecule has 270 valence electrons. The number of fused-ring (bicyclic) bond motifs is 9. The summed E-state index contributed by atoms with van der Waals surface area (Å²) in [5.41, 5.74) is 7.53. The molecule has 0 saturated carbocycles. The average Bonchev–Trinajstić information content (AvgIpc) is 3.88. The van der Waals surface area contributed by atoms with Crippen LogP contribution in [0.4, 0.5) is 0 Å². The maximum absolute atomic E-state index is 5.32. The standard InChI is InChI=1S/C53H31N3S2/c1-2-18-37-34(13-1)31-44(41-20-4-3-19-40(37)41)53-55-51(35-16-9-14-32(29-35)38-23-11-27-47-49(38)42-21-5-7-25-45(42)57-47)54-52(56-53)36-17-10-15-33(30-36)39-24-12-28-48-50(39)43-22-6-8-26-46(43)58-48/h1-31H. The topological polar surface area (TPSA) is 38.7 Å². The van der Waals surface area contributed by atoms with Crippen molar-refractivity contribution in [1.82, 2.24) is 15.0 Å². The Morgan fingerprint density at radius 3 is 1.29 bits per heavy atom. The third kappa shape index (κ3) is 5.36. The summed E-state index contributed by atoms with van der Waals surface area (Å²) in [7, 11) is 0. The summed E-state index contributed by atoms with van der Waals surface area (Å²) in [6.45, 7) is 0. The Hall–Kier alpha value is -7.05. The van der Waals surface area contributed by atoms with E-state index in [1.54, 1.807) is 0 Å². The smallest absolute Gasteiger partial charge is 0.164 e. The third-order valence-corrected chi connectivity index (χ3v) is 13.6. The van der Waals surface area contributed by atoms with E-state index in [1.807, 2.05) is 22.7 Å². The fourth-order valence-corrected chi connectivity index (χ4v) is 10.9. The van der Waals surface area contributed by atoms with E-state index in [1.165, 1.54) is 62.2 Å². The molecule has 12 aromatic rings. The molecule has 0 aliphatic carbocycles. The maximum atomic E-state index is 5.32. The van der Waals surface area contributed by atoms with Gasteiger partial charge in [-0.2, -0.15) is 0 Å². The maximum Gasteiger partial charge on any atom is 0.164 e. The molecular formula is C53H31N3S2. The highest BCUT2D eigenvalue weighted by Crippen LogP contribution is 2.43. The van der Waals surface area contributed by atoms with Crippen LogP contribution in [0.1, 0.15) is 0 Å². The minimum absolute atomic E-state index is 0.637. The van der Waals surface area contributed by atoms with E-state index in [2.05, 4.69) is 188 Å². The second-order valence-electron chi connectivity index (χ2n) is 14.7. The largest absolute Gasteiger partial charge is 0.208 e. The number of hydrogen-bond acceptors (Lipinski definition) is 5. The van der Waals surface area contributed by atoms with Crippen molar-refractivity contribution >= 4 is 84.6 Å². The van der Waals surface area contributed by atoms with Crippen LogP contribution in [0.25, 0.3) is 118 Å². The predicted molar refractivity (Wildman–Crippen MR) is 248 cm³/mol. The number of aromatic nitrogens is 3. The third-order valence-electron chi connectivity index (χ3n) is 11.3. The number of benzene rings is 9. The molecular weight excluding hydrogens is 743 g/mol. The van der Waals surface area contributed by atoms with E-state index in [9.17, 15) is 0 Å². The molecule has 0 unspecified atom stereocenters. The molecule has 0 atom stereocenters. The van der Waals surface area contributed by atoms with Gasteiger partial charge < -0.3 is 0 Å². The summed E-state index contributed by atoms with van der Waals surface area (Å²) in [4.78, 5) is 15.9. The van der Waals surface area contributed by atoms with Crippen molar-refractivity contribution in [2.24, 2.45) is 0 Å². The zero-order chi connectivity index (χ0) is 38.2. The van der Waals surface area contributed by atoms with Gasteiger partial charge in [0.05, 0.1) is 0 Å². The van der Waals surface area contributed by atoms with Gasteiger partial charge in [-0.3, -0.25) is 0 Å². The van der Waals surface area contributed by atoms with Gasteiger partial charge in [-0.25, -0.2) is 15.0 Å². The normalized spacial score (nSPS) is 11.8. The monoisotopic (exact) mass is 773 g/mol. The highest BCUT2D eigenvalue weighted by Gasteiger charge is 2.19. The SMILES string of the molecule is c1cc(-c2nc(-c3cccc(-c4cccc5sc6ccccc6c45)c3)nc(-c3cc4ccccc4c4ccccc34)n2)cc(-c2cccc3sc4ccccc4c23)c1. The zero-order valence-corrected chi connectivity index (χ0v) is 32.7. The molecule has 0 aliphatic heterocycles. The number of nitrogens with zero attached hydrogens (tertiary/aromatic N) is 3. The first-order chi connectivity index (χ1) is 28.7. The lowest BCUT2D eigenvalue weighted by molar-refractivity contribution is 1.08. The molecule has 9 aromatic carbocycles. The Morgan fingerprint density at radius 2 is 0.707 bits per heavy atom. The molecule has 3 nitrogen and oxygen atoms in total. The fourth-order valence-electron chi connectivity index (χ4n) is 8.68. The van der Waals surface area contributed by atoms with E-state index in [-0.39, 0.29) is 0 Å². The molecule has 12 rings (SSSR count). The molecule has 58 heavy (non-hydrogen) atoms. The lowest BCUT2D eigenvalue weighted by atomic mass is 9.96. The summed E-state index contributed by atoms with van der Waals surface area (Å²) in [5, 5.41) is 9.77. The Morgan fingerprint density at radius 1 is 0.276 bits per heavy atom. The summed E-state index contributed by atoms with van der Waals surface area (Å²) < 4.78 is 5.15. The molecule has 0 radical (unpaired) electrons. The van der Waals surface area contributed by atoms with Gasteiger partial charge in [-0.05, 0) is 86.3 Å². The Bertz CT molecular complexity index is 3420. The van der Waals surface area contributed by atoms with Gasteiger partial charge in [0.2, 0.25) is 0 Å². The van der Waals surface area contributed by atoms with Crippen molar-refractivity contribution in [2.75, 3.05) is 0 Å². The molecule has 0 saturated heterocycles. The Balaban J connectivity index is 1.08. The van der Waals surface area contributed by atoms with E-state index in [0.717, 1.165) is 38.6 Å². The quantitative estimate of drug-likeness (QED) is 0.164. The highest BCUT2D eigenvalue weighted by atomic mass is 32.1. The zero-order valence-electron chi connectivity index (χ0n) is 31.1. The van der Waals surface area contributed by atoms with Crippen LogP contribution in [-0.4, -0.2) is 15.0 Å².